The van der Waals surface area contributed by atoms with Gasteiger partial charge in [-0.15, -0.1) is 0 Å². The zero-order valence-corrected chi connectivity index (χ0v) is 11.3. The molecule has 1 aliphatic carbocycles. The highest BCUT2D eigenvalue weighted by Crippen LogP contribution is 2.41. The third-order valence-corrected chi connectivity index (χ3v) is 4.32. The lowest BCUT2D eigenvalue weighted by Gasteiger charge is -2.17. The number of anilines is 1. The molecule has 18 heavy (non-hydrogen) atoms. The number of rotatable bonds is 3. The van der Waals surface area contributed by atoms with Crippen LogP contribution in [0, 0.1) is 18.8 Å². The van der Waals surface area contributed by atoms with Crippen molar-refractivity contribution in [2.75, 3.05) is 18.0 Å². The molecule has 2 atom stereocenters. The van der Waals surface area contributed by atoms with Gasteiger partial charge >= 0.3 is 0 Å². The number of aryl methyl sites for hydroxylation is 2. The summed E-state index contributed by atoms with van der Waals surface area (Å²) in [6, 6.07) is 0.299. The molecular formula is C14H22N4. The van der Waals surface area contributed by atoms with Gasteiger partial charge in [0, 0.05) is 31.0 Å². The lowest BCUT2D eigenvalue weighted by atomic mass is 9.99. The minimum absolute atomic E-state index is 0.299. The van der Waals surface area contributed by atoms with Crippen LogP contribution in [0.15, 0.2) is 6.20 Å². The number of aromatic nitrogens is 2. The molecule has 2 aliphatic rings. The predicted molar refractivity (Wildman–Crippen MR) is 72.5 cm³/mol. The van der Waals surface area contributed by atoms with E-state index in [4.69, 9.17) is 5.73 Å². The molecule has 0 spiro atoms. The van der Waals surface area contributed by atoms with E-state index in [2.05, 4.69) is 28.7 Å². The summed E-state index contributed by atoms with van der Waals surface area (Å²) in [4.78, 5) is 11.4. The molecule has 98 valence electrons. The molecule has 3 rings (SSSR count). The second-order valence-electron chi connectivity index (χ2n) is 5.72. The monoisotopic (exact) mass is 246 g/mol. The van der Waals surface area contributed by atoms with Crippen molar-refractivity contribution in [1.29, 1.82) is 0 Å². The van der Waals surface area contributed by atoms with Crippen LogP contribution in [-0.4, -0.2) is 29.1 Å². The molecule has 1 aromatic heterocycles. The third kappa shape index (κ3) is 2.09. The minimum Gasteiger partial charge on any atom is -0.339 e. The van der Waals surface area contributed by atoms with Crippen molar-refractivity contribution < 1.29 is 0 Å². The molecule has 1 aromatic rings. The Bertz CT molecular complexity index is 441. The first-order valence-electron chi connectivity index (χ1n) is 7.02. The summed E-state index contributed by atoms with van der Waals surface area (Å²) < 4.78 is 0. The van der Waals surface area contributed by atoms with Crippen LogP contribution in [0.2, 0.25) is 0 Å². The average molecular weight is 246 g/mol. The van der Waals surface area contributed by atoms with Crippen molar-refractivity contribution in [3.8, 4) is 0 Å². The van der Waals surface area contributed by atoms with Crippen LogP contribution >= 0.6 is 0 Å². The summed E-state index contributed by atoms with van der Waals surface area (Å²) in [7, 11) is 0. The van der Waals surface area contributed by atoms with Gasteiger partial charge in [0.05, 0.1) is 0 Å². The van der Waals surface area contributed by atoms with Crippen LogP contribution < -0.4 is 10.6 Å². The zero-order valence-electron chi connectivity index (χ0n) is 11.3. The van der Waals surface area contributed by atoms with E-state index < -0.39 is 0 Å². The zero-order chi connectivity index (χ0) is 12.7. The van der Waals surface area contributed by atoms with Gasteiger partial charge in [-0.2, -0.15) is 0 Å². The van der Waals surface area contributed by atoms with E-state index in [1.165, 1.54) is 18.4 Å². The van der Waals surface area contributed by atoms with Crippen molar-refractivity contribution in [2.24, 2.45) is 17.6 Å². The maximum Gasteiger partial charge on any atom is 0.225 e. The van der Waals surface area contributed by atoms with Gasteiger partial charge in [-0.25, -0.2) is 9.97 Å². The molecule has 0 aromatic carbocycles. The van der Waals surface area contributed by atoms with Crippen molar-refractivity contribution in [3.05, 3.63) is 17.5 Å². The Morgan fingerprint density at radius 1 is 1.39 bits per heavy atom. The molecule has 4 nitrogen and oxygen atoms in total. The minimum atomic E-state index is 0.299. The van der Waals surface area contributed by atoms with Gasteiger partial charge in [-0.05, 0) is 43.6 Å². The highest BCUT2D eigenvalue weighted by molar-refractivity contribution is 5.35. The topological polar surface area (TPSA) is 55.0 Å². The maximum atomic E-state index is 6.25. The summed E-state index contributed by atoms with van der Waals surface area (Å²) in [6.45, 7) is 6.17. The standard InChI is InChI=1S/C14H22N4/c1-3-13-9(2)6-16-14(17-13)18-7-11(10-4-5-10)12(15)8-18/h6,10-12H,3-5,7-8,15H2,1-2H3/t11-,12+/m1/s1. The molecule has 2 fully saturated rings. The van der Waals surface area contributed by atoms with Gasteiger partial charge in [0.2, 0.25) is 5.95 Å². The number of hydrogen-bond donors (Lipinski definition) is 1. The van der Waals surface area contributed by atoms with Crippen LogP contribution in [0.25, 0.3) is 0 Å². The first-order chi connectivity index (χ1) is 8.69. The van der Waals surface area contributed by atoms with Gasteiger partial charge < -0.3 is 10.6 Å². The molecule has 1 aliphatic heterocycles. The van der Waals surface area contributed by atoms with Gasteiger partial charge in [0.1, 0.15) is 0 Å². The number of nitrogens with two attached hydrogens (primary N) is 1. The molecule has 1 saturated carbocycles. The van der Waals surface area contributed by atoms with Crippen LogP contribution in [0.4, 0.5) is 5.95 Å². The fourth-order valence-electron chi connectivity index (χ4n) is 3.02. The summed E-state index contributed by atoms with van der Waals surface area (Å²) in [5.74, 6) is 2.39. The quantitative estimate of drug-likeness (QED) is 0.878. The first kappa shape index (κ1) is 11.9. The van der Waals surface area contributed by atoms with E-state index in [9.17, 15) is 0 Å². The Morgan fingerprint density at radius 2 is 2.17 bits per heavy atom. The highest BCUT2D eigenvalue weighted by Gasteiger charge is 2.41. The van der Waals surface area contributed by atoms with E-state index in [0.29, 0.717) is 12.0 Å². The SMILES string of the molecule is CCc1nc(N2C[C@H](C3CC3)[C@@H](N)C2)ncc1C. The fourth-order valence-corrected chi connectivity index (χ4v) is 3.02. The predicted octanol–water partition coefficient (Wildman–Crippen LogP) is 1.52. The molecule has 0 radical (unpaired) electrons. The van der Waals surface area contributed by atoms with Gasteiger partial charge in [-0.1, -0.05) is 6.92 Å². The van der Waals surface area contributed by atoms with E-state index in [1.54, 1.807) is 0 Å². The van der Waals surface area contributed by atoms with Crippen LogP contribution in [0.5, 0.6) is 0 Å². The Hall–Kier alpha value is -1.16. The van der Waals surface area contributed by atoms with Crippen LogP contribution in [0.1, 0.15) is 31.0 Å². The molecule has 0 amide bonds. The number of nitrogens with zero attached hydrogens (tertiary/aromatic N) is 3. The third-order valence-electron chi connectivity index (χ3n) is 4.32. The van der Waals surface area contributed by atoms with Gasteiger partial charge in [0.25, 0.3) is 0 Å². The Balaban J connectivity index is 1.79. The Labute approximate surface area is 109 Å². The van der Waals surface area contributed by atoms with Crippen molar-refractivity contribution in [2.45, 2.75) is 39.2 Å². The summed E-state index contributed by atoms with van der Waals surface area (Å²) >= 11 is 0. The van der Waals surface area contributed by atoms with Crippen LogP contribution in [-0.2, 0) is 6.42 Å². The Morgan fingerprint density at radius 3 is 2.83 bits per heavy atom. The van der Waals surface area contributed by atoms with Crippen molar-refractivity contribution >= 4 is 5.95 Å². The summed E-state index contributed by atoms with van der Waals surface area (Å²) in [6.07, 6.45) is 5.63. The summed E-state index contributed by atoms with van der Waals surface area (Å²) in [5, 5.41) is 0. The average Bonchev–Trinajstić information content (AvgIpc) is 3.13. The summed E-state index contributed by atoms with van der Waals surface area (Å²) in [5.41, 5.74) is 8.59. The van der Waals surface area contributed by atoms with E-state index >= 15 is 0 Å². The van der Waals surface area contributed by atoms with E-state index in [0.717, 1.165) is 37.1 Å². The molecule has 1 saturated heterocycles. The molecule has 2 heterocycles. The smallest absolute Gasteiger partial charge is 0.225 e. The molecule has 0 bridgehead atoms. The fraction of sp³-hybridized carbons (Fsp3) is 0.714. The molecule has 0 unspecified atom stereocenters. The van der Waals surface area contributed by atoms with Crippen molar-refractivity contribution in [3.63, 3.8) is 0 Å². The molecule has 2 N–H and O–H groups in total. The number of hydrogen-bond acceptors (Lipinski definition) is 4. The van der Waals surface area contributed by atoms with E-state index in [-0.39, 0.29) is 0 Å². The molecular weight excluding hydrogens is 224 g/mol. The normalized spacial score (nSPS) is 27.8. The van der Waals surface area contributed by atoms with Crippen molar-refractivity contribution in [1.82, 2.24) is 9.97 Å². The van der Waals surface area contributed by atoms with E-state index in [1.807, 2.05) is 6.20 Å². The second kappa shape index (κ2) is 4.50. The largest absolute Gasteiger partial charge is 0.339 e. The second-order valence-corrected chi connectivity index (χ2v) is 5.72. The lowest BCUT2D eigenvalue weighted by molar-refractivity contribution is 0.456. The highest BCUT2D eigenvalue weighted by atomic mass is 15.3. The van der Waals surface area contributed by atoms with Gasteiger partial charge in [-0.3, -0.25) is 0 Å². The van der Waals surface area contributed by atoms with Crippen LogP contribution in [0.3, 0.4) is 0 Å². The lowest BCUT2D eigenvalue weighted by Crippen LogP contribution is -2.30. The molecule has 4 heteroatoms. The van der Waals surface area contributed by atoms with Gasteiger partial charge in [0.15, 0.2) is 0 Å². The Kier molecular flexibility index (Phi) is 2.98. The first-order valence-corrected chi connectivity index (χ1v) is 7.02. The maximum absolute atomic E-state index is 6.25.